The predicted molar refractivity (Wildman–Crippen MR) is 128 cm³/mol. The van der Waals surface area contributed by atoms with Crippen LogP contribution >= 0.6 is 0 Å². The highest BCUT2D eigenvalue weighted by Crippen LogP contribution is 2.42. The molecule has 1 saturated carbocycles. The maximum absolute atomic E-state index is 13.7. The molecule has 1 aliphatic heterocycles. The topological polar surface area (TPSA) is 0 Å². The molecule has 0 spiro atoms. The molecule has 0 radical (unpaired) electrons. The minimum Gasteiger partial charge on any atom is -0.206 e. The van der Waals surface area contributed by atoms with Crippen LogP contribution in [-0.2, 0) is 6.42 Å². The first-order valence-electron chi connectivity index (χ1n) is 13.2. The zero-order valence-electron chi connectivity index (χ0n) is 19.9. The van der Waals surface area contributed by atoms with E-state index in [9.17, 15) is 17.6 Å². The third-order valence-electron chi connectivity index (χ3n) is 8.35. The first kappa shape index (κ1) is 25.8. The van der Waals surface area contributed by atoms with Crippen molar-refractivity contribution in [2.75, 3.05) is 0 Å². The van der Waals surface area contributed by atoms with Gasteiger partial charge in [-0.1, -0.05) is 82.8 Å². The summed E-state index contributed by atoms with van der Waals surface area (Å²) in [7, 11) is -0.407. The SMILES string of the molecule is CCCCC[SiH]1CCC(C2CCC(CCCCc3cc(F)c(C(F)F)c(F)c3)CC2)CC1. The van der Waals surface area contributed by atoms with E-state index in [1.165, 1.54) is 64.2 Å². The Labute approximate surface area is 194 Å². The summed E-state index contributed by atoms with van der Waals surface area (Å²) in [5, 5.41) is 0. The Morgan fingerprint density at radius 2 is 1.47 bits per heavy atom. The molecule has 1 aromatic carbocycles. The van der Waals surface area contributed by atoms with Crippen molar-refractivity contribution in [2.45, 2.75) is 115 Å². The quantitative estimate of drug-likeness (QED) is 0.172. The van der Waals surface area contributed by atoms with E-state index in [0.717, 1.165) is 42.7 Å². The Kier molecular flexibility index (Phi) is 10.6. The fourth-order valence-electron chi connectivity index (χ4n) is 6.33. The Morgan fingerprint density at radius 1 is 0.844 bits per heavy atom. The van der Waals surface area contributed by atoms with E-state index in [0.29, 0.717) is 12.0 Å². The molecule has 0 nitrogen and oxygen atoms in total. The van der Waals surface area contributed by atoms with Gasteiger partial charge in [-0.15, -0.1) is 0 Å². The van der Waals surface area contributed by atoms with Gasteiger partial charge < -0.3 is 0 Å². The molecule has 1 heterocycles. The second-order valence-electron chi connectivity index (χ2n) is 10.6. The van der Waals surface area contributed by atoms with Crippen molar-refractivity contribution in [1.29, 1.82) is 0 Å². The lowest BCUT2D eigenvalue weighted by Crippen LogP contribution is -2.28. The number of hydrogen-bond acceptors (Lipinski definition) is 0. The van der Waals surface area contributed by atoms with Gasteiger partial charge in [-0.05, 0) is 61.1 Å². The lowest BCUT2D eigenvalue weighted by Gasteiger charge is -2.37. The minimum atomic E-state index is -3.11. The normalized spacial score (nSPS) is 26.6. The first-order valence-corrected chi connectivity index (χ1v) is 15.7. The molecule has 182 valence electrons. The summed E-state index contributed by atoms with van der Waals surface area (Å²) in [5.74, 6) is 0.501. The summed E-state index contributed by atoms with van der Waals surface area (Å²) >= 11 is 0. The maximum Gasteiger partial charge on any atom is 0.269 e. The van der Waals surface area contributed by atoms with E-state index >= 15 is 0 Å². The Hall–Kier alpha value is -0.843. The Morgan fingerprint density at radius 3 is 2.06 bits per heavy atom. The molecule has 0 amide bonds. The van der Waals surface area contributed by atoms with Crippen LogP contribution in [0.4, 0.5) is 17.6 Å². The molecular formula is C27H42F4Si. The predicted octanol–water partition coefficient (Wildman–Crippen LogP) is 9.25. The summed E-state index contributed by atoms with van der Waals surface area (Å²) in [4.78, 5) is 0. The van der Waals surface area contributed by atoms with Crippen LogP contribution in [0, 0.1) is 29.4 Å². The highest BCUT2D eigenvalue weighted by molar-refractivity contribution is 6.58. The largest absolute Gasteiger partial charge is 0.269 e. The van der Waals surface area contributed by atoms with Gasteiger partial charge in [-0.2, -0.15) is 0 Å². The number of unbranched alkanes of at least 4 members (excludes halogenated alkanes) is 3. The number of hydrogen-bond donors (Lipinski definition) is 0. The molecule has 0 bridgehead atoms. The van der Waals surface area contributed by atoms with Gasteiger partial charge in [0.1, 0.15) is 11.6 Å². The van der Waals surface area contributed by atoms with Crippen molar-refractivity contribution in [3.63, 3.8) is 0 Å². The third-order valence-corrected chi connectivity index (χ3v) is 11.9. The average molecular weight is 471 g/mol. The molecular weight excluding hydrogens is 428 g/mol. The van der Waals surface area contributed by atoms with Crippen molar-refractivity contribution < 1.29 is 17.6 Å². The smallest absolute Gasteiger partial charge is 0.206 e. The van der Waals surface area contributed by atoms with Crippen molar-refractivity contribution in [3.05, 3.63) is 34.9 Å². The number of benzene rings is 1. The van der Waals surface area contributed by atoms with Crippen LogP contribution in [-0.4, -0.2) is 8.80 Å². The standard InChI is InChI=1S/C27H42F4Si/c1-2-3-6-15-32-16-13-23(14-17-32)22-11-9-20(10-12-22)7-4-5-8-21-18-24(28)26(27(30)31)25(29)19-21/h18-20,22-23,27,32H,2-17H2,1H3. The lowest BCUT2D eigenvalue weighted by molar-refractivity contribution is 0.141. The van der Waals surface area contributed by atoms with Crippen LogP contribution in [0.15, 0.2) is 12.1 Å². The van der Waals surface area contributed by atoms with Crippen LogP contribution in [0.3, 0.4) is 0 Å². The maximum atomic E-state index is 13.7. The van der Waals surface area contributed by atoms with E-state index in [2.05, 4.69) is 6.92 Å². The van der Waals surface area contributed by atoms with E-state index in [1.54, 1.807) is 18.1 Å². The lowest BCUT2D eigenvalue weighted by atomic mass is 9.73. The zero-order valence-corrected chi connectivity index (χ0v) is 21.0. The minimum absolute atomic E-state index is 0.407. The van der Waals surface area contributed by atoms with Crippen LogP contribution in [0.5, 0.6) is 0 Å². The molecule has 0 aromatic heterocycles. The van der Waals surface area contributed by atoms with Crippen molar-refractivity contribution in [3.8, 4) is 0 Å². The Bertz CT molecular complexity index is 653. The average Bonchev–Trinajstić information content (AvgIpc) is 2.77. The second kappa shape index (κ2) is 13.1. The molecule has 2 aliphatic rings. The zero-order chi connectivity index (χ0) is 22.9. The van der Waals surface area contributed by atoms with E-state index in [4.69, 9.17) is 0 Å². The van der Waals surface area contributed by atoms with Crippen molar-refractivity contribution in [2.24, 2.45) is 17.8 Å². The monoisotopic (exact) mass is 470 g/mol. The third kappa shape index (κ3) is 7.60. The van der Waals surface area contributed by atoms with Crippen LogP contribution in [0.1, 0.15) is 102 Å². The highest BCUT2D eigenvalue weighted by atomic mass is 28.3. The summed E-state index contributed by atoms with van der Waals surface area (Å²) in [6.07, 6.45) is 13.3. The molecule has 0 N–H and O–H groups in total. The molecule has 1 aromatic rings. The second-order valence-corrected chi connectivity index (χ2v) is 14.0. The molecule has 2 fully saturated rings. The number of alkyl halides is 2. The van der Waals surface area contributed by atoms with Crippen LogP contribution in [0.2, 0.25) is 18.1 Å². The van der Waals surface area contributed by atoms with Gasteiger partial charge >= 0.3 is 0 Å². The fourth-order valence-corrected chi connectivity index (χ4v) is 9.86. The highest BCUT2D eigenvalue weighted by Gasteiger charge is 2.31. The van der Waals surface area contributed by atoms with Crippen molar-refractivity contribution in [1.82, 2.24) is 0 Å². The van der Waals surface area contributed by atoms with Gasteiger partial charge in [0.2, 0.25) is 0 Å². The van der Waals surface area contributed by atoms with Crippen LogP contribution < -0.4 is 0 Å². The molecule has 3 rings (SSSR count). The van der Waals surface area contributed by atoms with Gasteiger partial charge in [0.25, 0.3) is 6.43 Å². The van der Waals surface area contributed by atoms with Gasteiger partial charge in [0.05, 0.1) is 5.56 Å². The van der Waals surface area contributed by atoms with Gasteiger partial charge in [-0.25, -0.2) is 17.6 Å². The Balaban J connectivity index is 1.30. The van der Waals surface area contributed by atoms with Gasteiger partial charge in [0, 0.05) is 8.80 Å². The number of aryl methyl sites for hydroxylation is 1. The molecule has 32 heavy (non-hydrogen) atoms. The van der Waals surface area contributed by atoms with Gasteiger partial charge in [0.15, 0.2) is 0 Å². The summed E-state index contributed by atoms with van der Waals surface area (Å²) in [6.45, 7) is 2.30. The molecule has 0 atom stereocenters. The van der Waals surface area contributed by atoms with Gasteiger partial charge in [-0.3, -0.25) is 0 Å². The first-order chi connectivity index (χ1) is 15.5. The summed E-state index contributed by atoms with van der Waals surface area (Å²) in [5.41, 5.74) is -0.611. The molecule has 1 saturated heterocycles. The van der Waals surface area contributed by atoms with Crippen molar-refractivity contribution >= 4 is 8.80 Å². The molecule has 0 unspecified atom stereocenters. The number of rotatable bonds is 11. The summed E-state index contributed by atoms with van der Waals surface area (Å²) in [6, 6.07) is 6.93. The van der Waals surface area contributed by atoms with E-state index in [1.807, 2.05) is 0 Å². The van der Waals surface area contributed by atoms with E-state index in [-0.39, 0.29) is 0 Å². The van der Waals surface area contributed by atoms with E-state index < -0.39 is 32.4 Å². The summed E-state index contributed by atoms with van der Waals surface area (Å²) < 4.78 is 52.8. The molecule has 5 heteroatoms. The number of halogens is 4. The van der Waals surface area contributed by atoms with Crippen LogP contribution in [0.25, 0.3) is 0 Å². The fraction of sp³-hybridized carbons (Fsp3) is 0.778. The molecule has 1 aliphatic carbocycles.